The number of likely N-dealkylation sites (N-methyl/N-ethyl adjacent to an activating group) is 1. The first kappa shape index (κ1) is 10.2. The summed E-state index contributed by atoms with van der Waals surface area (Å²) in [6.45, 7) is 4.35. The molecule has 1 N–H and O–H groups in total. The van der Waals surface area contributed by atoms with Crippen molar-refractivity contribution in [2.24, 2.45) is 0 Å². The standard InChI is InChI=1S/C10H15N3O2/c1-3-13-8-4-5-12(2)6-7(8)11-9(13)10(14)15/h3-6H2,1-2H3,(H,14,15). The molecule has 0 saturated carbocycles. The number of imidazole rings is 1. The second-order valence-electron chi connectivity index (χ2n) is 3.87. The van der Waals surface area contributed by atoms with Crippen LogP contribution in [-0.4, -0.2) is 39.1 Å². The van der Waals surface area contributed by atoms with Crippen LogP contribution in [0.15, 0.2) is 0 Å². The molecule has 0 radical (unpaired) electrons. The Balaban J connectivity index is 2.48. The summed E-state index contributed by atoms with van der Waals surface area (Å²) in [5.74, 6) is -0.758. The summed E-state index contributed by atoms with van der Waals surface area (Å²) in [4.78, 5) is 17.3. The fourth-order valence-corrected chi connectivity index (χ4v) is 2.08. The van der Waals surface area contributed by atoms with Gasteiger partial charge in [-0.3, -0.25) is 0 Å². The quantitative estimate of drug-likeness (QED) is 0.774. The molecule has 0 aromatic carbocycles. The molecule has 2 heterocycles. The molecule has 0 bridgehead atoms. The van der Waals surface area contributed by atoms with Gasteiger partial charge in [0, 0.05) is 31.7 Å². The molecule has 0 fully saturated rings. The van der Waals surface area contributed by atoms with E-state index in [2.05, 4.69) is 9.88 Å². The fraction of sp³-hybridized carbons (Fsp3) is 0.600. The first-order valence-corrected chi connectivity index (χ1v) is 5.13. The molecule has 1 aromatic heterocycles. The smallest absolute Gasteiger partial charge is 0.372 e. The van der Waals surface area contributed by atoms with E-state index < -0.39 is 5.97 Å². The Kier molecular flexibility index (Phi) is 2.48. The van der Waals surface area contributed by atoms with Gasteiger partial charge >= 0.3 is 5.97 Å². The summed E-state index contributed by atoms with van der Waals surface area (Å²) in [6.07, 6.45) is 0.889. The third-order valence-electron chi connectivity index (χ3n) is 2.81. The predicted molar refractivity (Wildman–Crippen MR) is 54.9 cm³/mol. The zero-order valence-electron chi connectivity index (χ0n) is 9.03. The molecule has 0 spiro atoms. The van der Waals surface area contributed by atoms with Crippen LogP contribution in [0.25, 0.3) is 0 Å². The molecule has 82 valence electrons. The molecule has 5 heteroatoms. The molecular weight excluding hydrogens is 194 g/mol. The molecule has 1 aromatic rings. The van der Waals surface area contributed by atoms with Crippen LogP contribution in [0.1, 0.15) is 28.9 Å². The van der Waals surface area contributed by atoms with Crippen LogP contribution in [0.4, 0.5) is 0 Å². The van der Waals surface area contributed by atoms with Crippen molar-refractivity contribution in [2.45, 2.75) is 26.4 Å². The lowest BCUT2D eigenvalue weighted by Gasteiger charge is -2.22. The average molecular weight is 209 g/mol. The van der Waals surface area contributed by atoms with Gasteiger partial charge in [-0.15, -0.1) is 0 Å². The van der Waals surface area contributed by atoms with Gasteiger partial charge in [-0.1, -0.05) is 0 Å². The molecule has 2 rings (SSSR count). The van der Waals surface area contributed by atoms with E-state index >= 15 is 0 Å². The molecule has 0 atom stereocenters. The Hall–Kier alpha value is -1.36. The highest BCUT2D eigenvalue weighted by Crippen LogP contribution is 2.19. The summed E-state index contributed by atoms with van der Waals surface area (Å²) in [5, 5.41) is 9.01. The third kappa shape index (κ3) is 1.63. The maximum Gasteiger partial charge on any atom is 0.372 e. The summed E-state index contributed by atoms with van der Waals surface area (Å²) in [5.41, 5.74) is 2.01. The van der Waals surface area contributed by atoms with Crippen LogP contribution < -0.4 is 0 Å². The van der Waals surface area contributed by atoms with E-state index in [1.807, 2.05) is 18.5 Å². The van der Waals surface area contributed by atoms with Crippen LogP contribution in [-0.2, 0) is 19.5 Å². The first-order chi connectivity index (χ1) is 7.13. The van der Waals surface area contributed by atoms with E-state index in [-0.39, 0.29) is 5.82 Å². The largest absolute Gasteiger partial charge is 0.475 e. The Morgan fingerprint density at radius 1 is 1.60 bits per heavy atom. The van der Waals surface area contributed by atoms with Crippen LogP contribution in [0, 0.1) is 0 Å². The molecule has 0 unspecified atom stereocenters. The fourth-order valence-electron chi connectivity index (χ4n) is 2.08. The number of hydrogen-bond acceptors (Lipinski definition) is 3. The molecule has 5 nitrogen and oxygen atoms in total. The lowest BCUT2D eigenvalue weighted by molar-refractivity contribution is 0.0678. The minimum Gasteiger partial charge on any atom is -0.475 e. The monoisotopic (exact) mass is 209 g/mol. The summed E-state index contributed by atoms with van der Waals surface area (Å²) in [6, 6.07) is 0. The predicted octanol–water partition coefficient (Wildman–Crippen LogP) is 0.589. The zero-order valence-corrected chi connectivity index (χ0v) is 9.03. The number of hydrogen-bond donors (Lipinski definition) is 1. The molecule has 0 amide bonds. The zero-order chi connectivity index (χ0) is 11.0. The van der Waals surface area contributed by atoms with Gasteiger partial charge in [0.05, 0.1) is 5.69 Å². The van der Waals surface area contributed by atoms with Crippen molar-refractivity contribution < 1.29 is 9.90 Å². The van der Waals surface area contributed by atoms with Crippen molar-refractivity contribution in [3.8, 4) is 0 Å². The van der Waals surface area contributed by atoms with Gasteiger partial charge in [0.1, 0.15) is 0 Å². The van der Waals surface area contributed by atoms with E-state index in [0.29, 0.717) is 6.54 Å². The van der Waals surface area contributed by atoms with Gasteiger partial charge in [-0.2, -0.15) is 0 Å². The van der Waals surface area contributed by atoms with E-state index in [0.717, 1.165) is 30.9 Å². The Morgan fingerprint density at radius 2 is 2.33 bits per heavy atom. The summed E-state index contributed by atoms with van der Waals surface area (Å²) < 4.78 is 1.81. The molecule has 0 saturated heterocycles. The number of nitrogens with zero attached hydrogens (tertiary/aromatic N) is 3. The number of carboxylic acids is 1. The number of carboxylic acid groups (broad SMARTS) is 1. The lowest BCUT2D eigenvalue weighted by atomic mass is 10.1. The van der Waals surface area contributed by atoms with Crippen molar-refractivity contribution in [2.75, 3.05) is 13.6 Å². The average Bonchev–Trinajstić information content (AvgIpc) is 2.55. The van der Waals surface area contributed by atoms with Crippen LogP contribution >= 0.6 is 0 Å². The van der Waals surface area contributed by atoms with Gasteiger partial charge in [-0.25, -0.2) is 9.78 Å². The van der Waals surface area contributed by atoms with E-state index in [1.54, 1.807) is 0 Å². The van der Waals surface area contributed by atoms with E-state index in [4.69, 9.17) is 5.11 Å². The maximum absolute atomic E-state index is 11.0. The number of aromatic nitrogens is 2. The highest BCUT2D eigenvalue weighted by molar-refractivity contribution is 5.83. The topological polar surface area (TPSA) is 58.4 Å². The lowest BCUT2D eigenvalue weighted by Crippen LogP contribution is -2.27. The normalized spacial score (nSPS) is 16.4. The third-order valence-corrected chi connectivity index (χ3v) is 2.81. The van der Waals surface area contributed by atoms with E-state index in [1.165, 1.54) is 0 Å². The Bertz CT molecular complexity index is 398. The SMILES string of the molecule is CCn1c(C(=O)O)nc2c1CCN(C)C2. The van der Waals surface area contributed by atoms with Crippen LogP contribution in [0.3, 0.4) is 0 Å². The summed E-state index contributed by atoms with van der Waals surface area (Å²) >= 11 is 0. The number of carbonyl (C=O) groups is 1. The Labute approximate surface area is 88.3 Å². The van der Waals surface area contributed by atoms with Crippen LogP contribution in [0.2, 0.25) is 0 Å². The highest BCUT2D eigenvalue weighted by Gasteiger charge is 2.24. The molecule has 1 aliphatic rings. The van der Waals surface area contributed by atoms with Crippen molar-refractivity contribution >= 4 is 5.97 Å². The molecule has 15 heavy (non-hydrogen) atoms. The number of fused-ring (bicyclic) bond motifs is 1. The Morgan fingerprint density at radius 3 is 2.93 bits per heavy atom. The van der Waals surface area contributed by atoms with Gasteiger partial charge in [0.15, 0.2) is 0 Å². The minimum atomic E-state index is -0.936. The molecule has 1 aliphatic heterocycles. The van der Waals surface area contributed by atoms with E-state index in [9.17, 15) is 4.79 Å². The number of rotatable bonds is 2. The van der Waals surface area contributed by atoms with Crippen molar-refractivity contribution in [3.05, 3.63) is 17.2 Å². The van der Waals surface area contributed by atoms with Crippen molar-refractivity contribution in [1.82, 2.24) is 14.5 Å². The van der Waals surface area contributed by atoms with Crippen molar-refractivity contribution in [3.63, 3.8) is 0 Å². The minimum absolute atomic E-state index is 0.179. The van der Waals surface area contributed by atoms with Gasteiger partial charge in [-0.05, 0) is 14.0 Å². The number of aromatic carboxylic acids is 1. The first-order valence-electron chi connectivity index (χ1n) is 5.13. The van der Waals surface area contributed by atoms with Crippen LogP contribution in [0.5, 0.6) is 0 Å². The maximum atomic E-state index is 11.0. The highest BCUT2D eigenvalue weighted by atomic mass is 16.4. The van der Waals surface area contributed by atoms with Gasteiger partial charge < -0.3 is 14.6 Å². The second-order valence-corrected chi connectivity index (χ2v) is 3.87. The van der Waals surface area contributed by atoms with Crippen molar-refractivity contribution in [1.29, 1.82) is 0 Å². The molecule has 0 aliphatic carbocycles. The van der Waals surface area contributed by atoms with Gasteiger partial charge in [0.2, 0.25) is 5.82 Å². The second kappa shape index (κ2) is 3.66. The molecular formula is C10H15N3O2. The summed E-state index contributed by atoms with van der Waals surface area (Å²) in [7, 11) is 2.02. The van der Waals surface area contributed by atoms with Gasteiger partial charge in [0.25, 0.3) is 0 Å².